The first-order valence-electron chi connectivity index (χ1n) is 6.50. The second kappa shape index (κ2) is 6.93. The normalized spacial score (nSPS) is 10.7. The summed E-state index contributed by atoms with van der Waals surface area (Å²) in [4.78, 5) is 21.1. The standard InChI is InChI=1S/C16H12ClNO5/c1-10-2-5-14(12(17)8-10)23-15-6-3-11(4-7-16(19)20)9-13(15)18(21)22/h2-9H,1H3,(H,19,20)/b7-4+. The fourth-order valence-electron chi connectivity index (χ4n) is 1.84. The van der Waals surface area contributed by atoms with Gasteiger partial charge in [-0.2, -0.15) is 0 Å². The summed E-state index contributed by atoms with van der Waals surface area (Å²) in [5, 5.41) is 20.1. The van der Waals surface area contributed by atoms with E-state index in [1.807, 2.05) is 6.92 Å². The van der Waals surface area contributed by atoms with Crippen LogP contribution >= 0.6 is 11.6 Å². The van der Waals surface area contributed by atoms with Crippen molar-refractivity contribution in [2.45, 2.75) is 6.92 Å². The summed E-state index contributed by atoms with van der Waals surface area (Å²) in [5.41, 5.74) is 1.03. The van der Waals surface area contributed by atoms with Crippen molar-refractivity contribution in [3.8, 4) is 11.5 Å². The topological polar surface area (TPSA) is 89.7 Å². The zero-order chi connectivity index (χ0) is 17.0. The van der Waals surface area contributed by atoms with Gasteiger partial charge in [-0.15, -0.1) is 0 Å². The zero-order valence-electron chi connectivity index (χ0n) is 12.0. The highest BCUT2D eigenvalue weighted by molar-refractivity contribution is 6.32. The number of benzene rings is 2. The Morgan fingerprint density at radius 2 is 1.96 bits per heavy atom. The second-order valence-electron chi connectivity index (χ2n) is 4.69. The van der Waals surface area contributed by atoms with Gasteiger partial charge in [0.25, 0.3) is 0 Å². The molecule has 7 heteroatoms. The number of ether oxygens (including phenoxy) is 1. The van der Waals surface area contributed by atoms with E-state index >= 15 is 0 Å². The SMILES string of the molecule is Cc1ccc(Oc2ccc(/C=C/C(=O)O)cc2[N+](=O)[O-])c(Cl)c1. The molecule has 0 spiro atoms. The number of rotatable bonds is 5. The van der Waals surface area contributed by atoms with Gasteiger partial charge >= 0.3 is 11.7 Å². The monoisotopic (exact) mass is 333 g/mol. The van der Waals surface area contributed by atoms with Crippen molar-refractivity contribution < 1.29 is 19.6 Å². The molecule has 0 aliphatic carbocycles. The van der Waals surface area contributed by atoms with Gasteiger partial charge in [-0.05, 0) is 42.3 Å². The van der Waals surface area contributed by atoms with Crippen molar-refractivity contribution in [1.82, 2.24) is 0 Å². The maximum Gasteiger partial charge on any atom is 0.328 e. The van der Waals surface area contributed by atoms with Gasteiger partial charge < -0.3 is 9.84 Å². The summed E-state index contributed by atoms with van der Waals surface area (Å²) in [6.45, 7) is 1.86. The van der Waals surface area contributed by atoms with Gasteiger partial charge in [-0.25, -0.2) is 4.79 Å². The Morgan fingerprint density at radius 1 is 1.26 bits per heavy atom. The third-order valence-corrected chi connectivity index (χ3v) is 3.20. The molecule has 2 aromatic rings. The fraction of sp³-hybridized carbons (Fsp3) is 0.0625. The molecular formula is C16H12ClNO5. The number of aliphatic carboxylic acids is 1. The van der Waals surface area contributed by atoms with Crippen LogP contribution in [-0.2, 0) is 4.79 Å². The van der Waals surface area contributed by atoms with Gasteiger partial charge in [-0.3, -0.25) is 10.1 Å². The van der Waals surface area contributed by atoms with E-state index in [9.17, 15) is 14.9 Å². The van der Waals surface area contributed by atoms with Gasteiger partial charge in [0.05, 0.1) is 9.95 Å². The molecule has 118 valence electrons. The Hall–Kier alpha value is -2.86. The van der Waals surface area contributed by atoms with Gasteiger partial charge in [0.15, 0.2) is 0 Å². The van der Waals surface area contributed by atoms with Crippen molar-refractivity contribution in [2.24, 2.45) is 0 Å². The number of halogens is 1. The van der Waals surface area contributed by atoms with Crippen molar-refractivity contribution in [3.63, 3.8) is 0 Å². The largest absolute Gasteiger partial charge is 0.478 e. The number of nitro benzene ring substituents is 1. The Bertz CT molecular complexity index is 801. The first kappa shape index (κ1) is 16.5. The van der Waals surface area contributed by atoms with Crippen molar-refractivity contribution >= 4 is 29.3 Å². The van der Waals surface area contributed by atoms with Gasteiger partial charge in [0.2, 0.25) is 5.75 Å². The first-order chi connectivity index (χ1) is 10.9. The highest BCUT2D eigenvalue weighted by Gasteiger charge is 2.17. The molecule has 1 N–H and O–H groups in total. The molecule has 6 nitrogen and oxygen atoms in total. The molecule has 0 amide bonds. The quantitative estimate of drug-likeness (QED) is 0.496. The molecule has 0 aliphatic rings. The van der Waals surface area contributed by atoms with Gasteiger partial charge in [-0.1, -0.05) is 23.7 Å². The summed E-state index contributed by atoms with van der Waals surface area (Å²) < 4.78 is 5.52. The van der Waals surface area contributed by atoms with Crippen LogP contribution in [-0.4, -0.2) is 16.0 Å². The molecule has 0 atom stereocenters. The second-order valence-corrected chi connectivity index (χ2v) is 5.10. The third kappa shape index (κ3) is 4.31. The molecule has 2 aromatic carbocycles. The van der Waals surface area contributed by atoms with E-state index < -0.39 is 10.9 Å². The van der Waals surface area contributed by atoms with Gasteiger partial charge in [0, 0.05) is 12.1 Å². The molecule has 0 radical (unpaired) electrons. The number of carboxylic acids is 1. The fourth-order valence-corrected chi connectivity index (χ4v) is 2.12. The number of hydrogen-bond acceptors (Lipinski definition) is 4. The number of hydrogen-bond donors (Lipinski definition) is 1. The number of aryl methyl sites for hydroxylation is 1. The molecule has 0 heterocycles. The van der Waals surface area contributed by atoms with Gasteiger partial charge in [0.1, 0.15) is 5.75 Å². The van der Waals surface area contributed by atoms with Crippen LogP contribution in [0.5, 0.6) is 11.5 Å². The molecule has 0 fully saturated rings. The Balaban J connectivity index is 2.38. The van der Waals surface area contributed by atoms with E-state index in [1.54, 1.807) is 18.2 Å². The zero-order valence-corrected chi connectivity index (χ0v) is 12.8. The predicted molar refractivity (Wildman–Crippen MR) is 86.0 cm³/mol. The molecule has 0 unspecified atom stereocenters. The molecule has 23 heavy (non-hydrogen) atoms. The lowest BCUT2D eigenvalue weighted by molar-refractivity contribution is -0.385. The lowest BCUT2D eigenvalue weighted by Crippen LogP contribution is -1.95. The smallest absolute Gasteiger partial charge is 0.328 e. The third-order valence-electron chi connectivity index (χ3n) is 2.91. The van der Waals surface area contributed by atoms with Crippen LogP contribution in [0.25, 0.3) is 6.08 Å². The van der Waals surface area contributed by atoms with E-state index in [4.69, 9.17) is 21.4 Å². The molecule has 0 bridgehead atoms. The Labute approximate surface area is 136 Å². The summed E-state index contributed by atoms with van der Waals surface area (Å²) in [6.07, 6.45) is 2.16. The minimum Gasteiger partial charge on any atom is -0.478 e. The molecule has 0 saturated carbocycles. The summed E-state index contributed by atoms with van der Waals surface area (Å²) >= 11 is 6.06. The molecule has 2 rings (SSSR count). The van der Waals surface area contributed by atoms with E-state index in [0.29, 0.717) is 16.3 Å². The van der Waals surface area contributed by atoms with E-state index in [2.05, 4.69) is 0 Å². The number of nitrogens with zero attached hydrogens (tertiary/aromatic N) is 1. The van der Waals surface area contributed by atoms with Crippen molar-refractivity contribution in [1.29, 1.82) is 0 Å². The summed E-state index contributed by atoms with van der Waals surface area (Å²) in [5.74, 6) is -0.818. The minimum absolute atomic E-state index is 0.0215. The lowest BCUT2D eigenvalue weighted by atomic mass is 10.1. The summed E-state index contributed by atoms with van der Waals surface area (Å²) in [6, 6.07) is 9.24. The predicted octanol–water partition coefficient (Wildman–Crippen LogP) is 4.45. The van der Waals surface area contributed by atoms with E-state index in [1.165, 1.54) is 24.3 Å². The average Bonchev–Trinajstić information content (AvgIpc) is 2.48. The molecule has 0 saturated heterocycles. The highest BCUT2D eigenvalue weighted by atomic mass is 35.5. The number of carboxylic acid groups (broad SMARTS) is 1. The highest BCUT2D eigenvalue weighted by Crippen LogP contribution is 2.35. The number of carbonyl (C=O) groups is 1. The van der Waals surface area contributed by atoms with Crippen LogP contribution in [0.3, 0.4) is 0 Å². The van der Waals surface area contributed by atoms with Crippen LogP contribution in [0.4, 0.5) is 5.69 Å². The maximum atomic E-state index is 11.2. The number of nitro groups is 1. The Kier molecular flexibility index (Phi) is 4.98. The van der Waals surface area contributed by atoms with Crippen LogP contribution < -0.4 is 4.74 Å². The van der Waals surface area contributed by atoms with Crippen molar-refractivity contribution in [3.05, 3.63) is 68.7 Å². The maximum absolute atomic E-state index is 11.2. The average molecular weight is 334 g/mol. The van der Waals surface area contributed by atoms with E-state index in [0.717, 1.165) is 11.6 Å². The van der Waals surface area contributed by atoms with E-state index in [-0.39, 0.29) is 11.4 Å². The van der Waals surface area contributed by atoms with Crippen LogP contribution in [0.2, 0.25) is 5.02 Å². The van der Waals surface area contributed by atoms with Crippen LogP contribution in [0, 0.1) is 17.0 Å². The minimum atomic E-state index is -1.14. The molecular weight excluding hydrogens is 322 g/mol. The first-order valence-corrected chi connectivity index (χ1v) is 6.88. The lowest BCUT2D eigenvalue weighted by Gasteiger charge is -2.09. The van der Waals surface area contributed by atoms with Crippen molar-refractivity contribution in [2.75, 3.05) is 0 Å². The van der Waals surface area contributed by atoms with Crippen LogP contribution in [0.1, 0.15) is 11.1 Å². The molecule has 0 aliphatic heterocycles. The Morgan fingerprint density at radius 3 is 2.57 bits per heavy atom. The molecule has 0 aromatic heterocycles. The van der Waals surface area contributed by atoms with Crippen LogP contribution in [0.15, 0.2) is 42.5 Å². The summed E-state index contributed by atoms with van der Waals surface area (Å²) in [7, 11) is 0.